The van der Waals surface area contributed by atoms with Crippen molar-refractivity contribution in [2.24, 2.45) is 7.05 Å². The maximum atomic E-state index is 13.5. The van der Waals surface area contributed by atoms with Gasteiger partial charge in [0.2, 0.25) is 0 Å². The van der Waals surface area contributed by atoms with E-state index in [1.165, 1.54) is 11.6 Å². The first-order chi connectivity index (χ1) is 10.9. The SMILES string of the molecule is Cn1c(=O)n(Cc2ccc(Br)cc2)c(=O)c2cc(O)c(F)cc21. The molecule has 7 heteroatoms. The van der Waals surface area contributed by atoms with Crippen LogP contribution < -0.4 is 11.2 Å². The summed E-state index contributed by atoms with van der Waals surface area (Å²) in [6.07, 6.45) is 0. The summed E-state index contributed by atoms with van der Waals surface area (Å²) in [5.41, 5.74) is -0.197. The van der Waals surface area contributed by atoms with Crippen molar-refractivity contribution in [3.63, 3.8) is 0 Å². The van der Waals surface area contributed by atoms with Crippen LogP contribution in [0.25, 0.3) is 10.9 Å². The van der Waals surface area contributed by atoms with Crippen LogP contribution >= 0.6 is 15.9 Å². The molecule has 0 amide bonds. The molecule has 3 rings (SSSR count). The van der Waals surface area contributed by atoms with Gasteiger partial charge < -0.3 is 5.11 Å². The molecule has 0 aliphatic rings. The predicted octanol–water partition coefficient (Wildman–Crippen LogP) is 2.36. The van der Waals surface area contributed by atoms with Crippen LogP contribution in [-0.2, 0) is 13.6 Å². The van der Waals surface area contributed by atoms with Gasteiger partial charge in [-0.25, -0.2) is 9.18 Å². The van der Waals surface area contributed by atoms with Gasteiger partial charge in [0.1, 0.15) is 0 Å². The van der Waals surface area contributed by atoms with Crippen LogP contribution in [0, 0.1) is 5.82 Å². The summed E-state index contributed by atoms with van der Waals surface area (Å²) in [7, 11) is 1.46. The van der Waals surface area contributed by atoms with Gasteiger partial charge in [0.05, 0.1) is 17.4 Å². The Bertz CT molecular complexity index is 1020. The Labute approximate surface area is 138 Å². The standard InChI is InChI=1S/C16H12BrFN2O3/c1-19-13-7-12(18)14(21)6-11(13)15(22)20(16(19)23)8-9-2-4-10(17)5-3-9/h2-7,21H,8H2,1H3. The molecule has 0 atom stereocenters. The molecule has 1 N–H and O–H groups in total. The lowest BCUT2D eigenvalue weighted by Crippen LogP contribution is -2.39. The molecule has 23 heavy (non-hydrogen) atoms. The second kappa shape index (κ2) is 5.66. The quantitative estimate of drug-likeness (QED) is 0.744. The van der Waals surface area contributed by atoms with E-state index in [9.17, 15) is 19.1 Å². The number of phenols is 1. The number of rotatable bonds is 2. The fourth-order valence-electron chi connectivity index (χ4n) is 2.43. The Morgan fingerprint density at radius 2 is 1.83 bits per heavy atom. The fourth-order valence-corrected chi connectivity index (χ4v) is 2.69. The maximum absolute atomic E-state index is 13.5. The van der Waals surface area contributed by atoms with Crippen LogP contribution in [0.5, 0.6) is 5.75 Å². The molecule has 0 saturated heterocycles. The lowest BCUT2D eigenvalue weighted by molar-refractivity contribution is 0.433. The molecule has 1 aromatic heterocycles. The van der Waals surface area contributed by atoms with E-state index in [1.54, 1.807) is 12.1 Å². The number of nitrogens with zero attached hydrogens (tertiary/aromatic N) is 2. The van der Waals surface area contributed by atoms with Gasteiger partial charge in [-0.3, -0.25) is 13.9 Å². The highest BCUT2D eigenvalue weighted by atomic mass is 79.9. The second-order valence-electron chi connectivity index (χ2n) is 5.18. The molecule has 0 aliphatic carbocycles. The van der Waals surface area contributed by atoms with Gasteiger partial charge in [-0.1, -0.05) is 28.1 Å². The summed E-state index contributed by atoms with van der Waals surface area (Å²) < 4.78 is 16.6. The summed E-state index contributed by atoms with van der Waals surface area (Å²) in [5.74, 6) is -1.50. The molecule has 5 nitrogen and oxygen atoms in total. The fraction of sp³-hybridized carbons (Fsp3) is 0.125. The highest BCUT2D eigenvalue weighted by molar-refractivity contribution is 9.10. The van der Waals surface area contributed by atoms with Crippen LogP contribution in [0.15, 0.2) is 50.5 Å². The number of halogens is 2. The zero-order valence-electron chi connectivity index (χ0n) is 12.1. The predicted molar refractivity (Wildman–Crippen MR) is 88.3 cm³/mol. The van der Waals surface area contributed by atoms with Crippen LogP contribution in [0.2, 0.25) is 0 Å². The molecule has 0 aliphatic heterocycles. The van der Waals surface area contributed by atoms with Crippen LogP contribution in [0.4, 0.5) is 4.39 Å². The highest BCUT2D eigenvalue weighted by Gasteiger charge is 2.14. The first-order valence-corrected chi connectivity index (χ1v) is 7.54. The van der Waals surface area contributed by atoms with E-state index in [-0.39, 0.29) is 17.4 Å². The van der Waals surface area contributed by atoms with E-state index in [2.05, 4.69) is 15.9 Å². The van der Waals surface area contributed by atoms with Crippen molar-refractivity contribution in [1.82, 2.24) is 9.13 Å². The van der Waals surface area contributed by atoms with Gasteiger partial charge >= 0.3 is 5.69 Å². The normalized spacial score (nSPS) is 11.1. The molecule has 1 heterocycles. The summed E-state index contributed by atoms with van der Waals surface area (Å²) in [6.45, 7) is 0.0901. The Morgan fingerprint density at radius 1 is 1.17 bits per heavy atom. The smallest absolute Gasteiger partial charge is 0.331 e. The van der Waals surface area contributed by atoms with Gasteiger partial charge in [-0.15, -0.1) is 0 Å². The molecule has 0 saturated carbocycles. The summed E-state index contributed by atoms with van der Waals surface area (Å²) in [4.78, 5) is 24.9. The highest BCUT2D eigenvalue weighted by Crippen LogP contribution is 2.20. The number of fused-ring (bicyclic) bond motifs is 1. The minimum Gasteiger partial charge on any atom is -0.505 e. The van der Waals surface area contributed by atoms with Crippen molar-refractivity contribution in [2.45, 2.75) is 6.54 Å². The third-order valence-electron chi connectivity index (χ3n) is 3.67. The lowest BCUT2D eigenvalue weighted by atomic mass is 10.2. The zero-order chi connectivity index (χ0) is 16.7. The number of benzene rings is 2. The molecule has 0 bridgehead atoms. The number of aryl methyl sites for hydroxylation is 1. The van der Waals surface area contributed by atoms with Crippen molar-refractivity contribution < 1.29 is 9.50 Å². The Balaban J connectivity index is 2.25. The zero-order valence-corrected chi connectivity index (χ0v) is 13.7. The minimum absolute atomic E-state index is 0.0862. The molecule has 0 radical (unpaired) electrons. The summed E-state index contributed by atoms with van der Waals surface area (Å²) in [6, 6.07) is 9.24. The van der Waals surface area contributed by atoms with Crippen molar-refractivity contribution in [1.29, 1.82) is 0 Å². The molecular formula is C16H12BrFN2O3. The van der Waals surface area contributed by atoms with Crippen molar-refractivity contribution in [3.05, 3.63) is 73.1 Å². The number of hydrogen-bond donors (Lipinski definition) is 1. The first kappa shape index (κ1) is 15.5. The monoisotopic (exact) mass is 378 g/mol. The van der Waals surface area contributed by atoms with E-state index >= 15 is 0 Å². The van der Waals surface area contributed by atoms with Gasteiger partial charge in [-0.2, -0.15) is 0 Å². The molecule has 3 aromatic rings. The molecule has 0 spiro atoms. The second-order valence-corrected chi connectivity index (χ2v) is 6.10. The molecule has 118 valence electrons. The van der Waals surface area contributed by atoms with E-state index in [4.69, 9.17) is 0 Å². The van der Waals surface area contributed by atoms with Gasteiger partial charge in [0.15, 0.2) is 11.6 Å². The van der Waals surface area contributed by atoms with Crippen LogP contribution in [0.1, 0.15) is 5.56 Å². The van der Waals surface area contributed by atoms with E-state index in [1.807, 2.05) is 12.1 Å². The van der Waals surface area contributed by atoms with Crippen molar-refractivity contribution in [3.8, 4) is 5.75 Å². The largest absolute Gasteiger partial charge is 0.505 e. The summed E-state index contributed by atoms with van der Waals surface area (Å²) in [5, 5.41) is 9.58. The van der Waals surface area contributed by atoms with E-state index < -0.39 is 22.8 Å². The molecular weight excluding hydrogens is 367 g/mol. The number of aromatic nitrogens is 2. The topological polar surface area (TPSA) is 64.2 Å². The first-order valence-electron chi connectivity index (χ1n) is 6.75. The lowest BCUT2D eigenvalue weighted by Gasteiger charge is -2.11. The van der Waals surface area contributed by atoms with Gasteiger partial charge in [0.25, 0.3) is 5.56 Å². The van der Waals surface area contributed by atoms with E-state index in [0.29, 0.717) is 0 Å². The molecule has 0 unspecified atom stereocenters. The molecule has 0 fully saturated rings. The summed E-state index contributed by atoms with van der Waals surface area (Å²) >= 11 is 3.32. The van der Waals surface area contributed by atoms with Crippen molar-refractivity contribution in [2.75, 3.05) is 0 Å². The number of phenolic OH excluding ortho intramolecular Hbond substituents is 1. The van der Waals surface area contributed by atoms with Gasteiger partial charge in [-0.05, 0) is 23.8 Å². The third-order valence-corrected chi connectivity index (χ3v) is 4.20. The minimum atomic E-state index is -0.877. The van der Waals surface area contributed by atoms with Crippen LogP contribution in [-0.4, -0.2) is 14.2 Å². The van der Waals surface area contributed by atoms with Crippen LogP contribution in [0.3, 0.4) is 0 Å². The van der Waals surface area contributed by atoms with Gasteiger partial charge in [0, 0.05) is 17.6 Å². The molecule has 2 aromatic carbocycles. The Hall–Kier alpha value is -2.41. The third kappa shape index (κ3) is 2.68. The van der Waals surface area contributed by atoms with Crippen molar-refractivity contribution >= 4 is 26.8 Å². The van der Waals surface area contributed by atoms with E-state index in [0.717, 1.165) is 26.7 Å². The Kier molecular flexibility index (Phi) is 3.81. The average molecular weight is 379 g/mol. The average Bonchev–Trinajstić information content (AvgIpc) is 2.53. The number of hydrogen-bond acceptors (Lipinski definition) is 3. The maximum Gasteiger partial charge on any atom is 0.331 e. The number of aromatic hydroxyl groups is 1. The Morgan fingerprint density at radius 3 is 2.48 bits per heavy atom.